The highest BCUT2D eigenvalue weighted by Crippen LogP contribution is 2.46. The molecule has 9 N–H and O–H groups in total. The van der Waals surface area contributed by atoms with Gasteiger partial charge in [-0.25, -0.2) is 9.59 Å². The number of rotatable bonds is 16. The molecule has 1 fully saturated rings. The summed E-state index contributed by atoms with van der Waals surface area (Å²) >= 11 is 0. The lowest BCUT2D eigenvalue weighted by atomic mass is 9.81. The Balaban J connectivity index is 1.45. The molecule has 2 aliphatic rings. The number of aliphatic hydroxyl groups is 3. The molecule has 58 heavy (non-hydrogen) atoms. The first-order valence-electron chi connectivity index (χ1n) is 19.1. The number of esters is 1. The third-order valence-electron chi connectivity index (χ3n) is 10.2. The number of nitrogens with one attached hydrogen (secondary N) is 2. The molecule has 0 amide bonds. The smallest absolute Gasteiger partial charge is 0.338 e. The van der Waals surface area contributed by atoms with E-state index >= 15 is 0 Å². The summed E-state index contributed by atoms with van der Waals surface area (Å²) in [5, 5.41) is 61.2. The number of methoxy groups -OCH3 is 1. The van der Waals surface area contributed by atoms with Crippen LogP contribution in [0, 0.1) is 5.92 Å². The second kappa shape index (κ2) is 19.3. The number of carboxylic acids is 1. The van der Waals surface area contributed by atoms with Crippen LogP contribution in [0.2, 0.25) is 0 Å². The normalized spacial score (nSPS) is 22.6. The monoisotopic (exact) mass is 810 g/mol. The van der Waals surface area contributed by atoms with Gasteiger partial charge in [0.2, 0.25) is 12.0 Å². The van der Waals surface area contributed by atoms with Crippen molar-refractivity contribution in [1.82, 2.24) is 5.32 Å². The Bertz CT molecular complexity index is 1930. The van der Waals surface area contributed by atoms with Crippen LogP contribution >= 0.6 is 0 Å². The van der Waals surface area contributed by atoms with Crippen LogP contribution in [0.5, 0.6) is 28.7 Å². The molecule has 17 nitrogen and oxygen atoms in total. The Morgan fingerprint density at radius 2 is 1.78 bits per heavy atom. The third-order valence-corrected chi connectivity index (χ3v) is 10.2. The minimum atomic E-state index is -1.87. The number of benzene rings is 3. The van der Waals surface area contributed by atoms with Gasteiger partial charge in [0.15, 0.2) is 35.7 Å². The van der Waals surface area contributed by atoms with Crippen LogP contribution in [0.3, 0.4) is 0 Å². The zero-order chi connectivity index (χ0) is 42.1. The lowest BCUT2D eigenvalue weighted by Gasteiger charge is -2.48. The zero-order valence-corrected chi connectivity index (χ0v) is 33.3. The van der Waals surface area contributed by atoms with Crippen molar-refractivity contribution >= 4 is 23.6 Å². The van der Waals surface area contributed by atoms with Gasteiger partial charge in [-0.3, -0.25) is 4.99 Å². The van der Waals surface area contributed by atoms with Gasteiger partial charge in [-0.05, 0) is 50.2 Å². The molecule has 3 aromatic carbocycles. The predicted octanol–water partition coefficient (Wildman–Crippen LogP) is 3.19. The number of carbonyl (C=O) groups is 2. The van der Waals surface area contributed by atoms with Crippen molar-refractivity contribution in [2.45, 2.75) is 89.1 Å². The number of aliphatic imine (C=N–C) groups is 1. The molecule has 2 aliphatic heterocycles. The summed E-state index contributed by atoms with van der Waals surface area (Å²) in [5.41, 5.74) is 5.24. The summed E-state index contributed by atoms with van der Waals surface area (Å²) in [6.07, 6.45) is -5.24. The first kappa shape index (κ1) is 43.6. The quantitative estimate of drug-likeness (QED) is 0.0448. The van der Waals surface area contributed by atoms with Crippen molar-refractivity contribution in [3.8, 4) is 28.7 Å². The van der Waals surface area contributed by atoms with Gasteiger partial charge in [0.1, 0.15) is 30.5 Å². The number of hydrogen-bond acceptors (Lipinski definition) is 14. The Morgan fingerprint density at radius 3 is 2.45 bits per heavy atom. The number of aromatic hydroxyl groups is 1. The van der Waals surface area contributed by atoms with E-state index in [1.54, 1.807) is 0 Å². The van der Waals surface area contributed by atoms with Crippen LogP contribution in [-0.2, 0) is 22.3 Å². The molecule has 0 saturated carbocycles. The van der Waals surface area contributed by atoms with Crippen LogP contribution in [0.4, 0.5) is 5.69 Å². The molecule has 316 valence electrons. The number of anilines is 1. The molecule has 0 bridgehead atoms. The largest absolute Gasteiger partial charge is 0.502 e. The van der Waals surface area contributed by atoms with Gasteiger partial charge in [-0.2, -0.15) is 0 Å². The highest BCUT2D eigenvalue weighted by atomic mass is 16.7. The summed E-state index contributed by atoms with van der Waals surface area (Å²) < 4.78 is 35.4. The fourth-order valence-corrected chi connectivity index (χ4v) is 6.85. The second-order valence-corrected chi connectivity index (χ2v) is 14.8. The minimum Gasteiger partial charge on any atom is -0.502 e. The standard InChI is InChI=1S/C41H54N4O13/c1-22(2)11-12-23(3)45-28-19-30(29(18-27(28)37(50)51)56-21-44-40(42)43-4)57-39-34(48)33(47)36(49)41(58-39)15-13-25-26(38(52)55-20-41)17-31(32(46)35(25)53-5)54-16-14-24-9-7-6-8-10-24/h6-10,17-19,22-23,33-34,36,39,45-49H,11-16,20-21H2,1-5H3,(H,50,51)(H3,42,43,44)/t23-,33-,34-,36+,39+,41-/m1/s1. The number of aliphatic hydroxyl groups excluding tert-OH is 3. The van der Waals surface area contributed by atoms with Gasteiger partial charge in [-0.1, -0.05) is 44.2 Å². The van der Waals surface area contributed by atoms with E-state index < -0.39 is 48.7 Å². The van der Waals surface area contributed by atoms with Crippen LogP contribution < -0.4 is 35.3 Å². The van der Waals surface area contributed by atoms with E-state index in [-0.39, 0.29) is 89.3 Å². The van der Waals surface area contributed by atoms with Crippen LogP contribution in [0.15, 0.2) is 53.5 Å². The number of hydrogen-bond donors (Lipinski definition) is 8. The Morgan fingerprint density at radius 1 is 1.03 bits per heavy atom. The van der Waals surface area contributed by atoms with E-state index in [4.69, 9.17) is 34.2 Å². The van der Waals surface area contributed by atoms with Gasteiger partial charge in [0, 0.05) is 37.2 Å². The minimum absolute atomic E-state index is 0.00899. The number of phenolic OH excluding ortho intramolecular Hbond substituents is 1. The summed E-state index contributed by atoms with van der Waals surface area (Å²) in [7, 11) is 2.78. The van der Waals surface area contributed by atoms with E-state index in [1.165, 1.54) is 32.4 Å². The van der Waals surface area contributed by atoms with E-state index in [1.807, 2.05) is 37.3 Å². The maximum atomic E-state index is 13.7. The zero-order valence-electron chi connectivity index (χ0n) is 33.3. The average molecular weight is 811 g/mol. The van der Waals surface area contributed by atoms with Gasteiger partial charge in [-0.15, -0.1) is 0 Å². The fraction of sp³-hybridized carbons (Fsp3) is 0.488. The first-order valence-corrected chi connectivity index (χ1v) is 19.1. The molecule has 5 rings (SSSR count). The van der Waals surface area contributed by atoms with Crippen LogP contribution in [-0.4, -0.2) is 114 Å². The molecule has 1 saturated heterocycles. The third kappa shape index (κ3) is 10.1. The SMILES string of the molecule is CN=C(N)NCOc1cc(C(=O)O)c(N[C@H](C)CCC(C)C)cc1O[C@H]1O[C@@]2(CCc3c(cc(OCCc4ccccc4)c(O)c3OC)C(=O)OC2)[C@@H](O)[C@H](O)[C@H]1O. The van der Waals surface area contributed by atoms with Crippen molar-refractivity contribution in [3.63, 3.8) is 0 Å². The second-order valence-electron chi connectivity index (χ2n) is 14.8. The van der Waals surface area contributed by atoms with Crippen molar-refractivity contribution < 1.29 is 63.5 Å². The molecular weight excluding hydrogens is 756 g/mol. The van der Waals surface area contributed by atoms with Crippen molar-refractivity contribution in [3.05, 3.63) is 70.8 Å². The van der Waals surface area contributed by atoms with Crippen molar-refractivity contribution in [1.29, 1.82) is 0 Å². The van der Waals surface area contributed by atoms with Crippen LogP contribution in [0.25, 0.3) is 0 Å². The Labute approximate surface area is 336 Å². The average Bonchev–Trinajstić information content (AvgIpc) is 3.20. The van der Waals surface area contributed by atoms with Gasteiger partial charge < -0.3 is 70.3 Å². The highest BCUT2D eigenvalue weighted by Gasteiger charge is 2.56. The number of guanidine groups is 1. The van der Waals surface area contributed by atoms with E-state index in [0.29, 0.717) is 12.3 Å². The molecular formula is C41H54N4O13. The summed E-state index contributed by atoms with van der Waals surface area (Å²) in [6.45, 7) is 5.43. The topological polar surface area (TPSA) is 253 Å². The predicted molar refractivity (Wildman–Crippen MR) is 212 cm³/mol. The fourth-order valence-electron chi connectivity index (χ4n) is 6.85. The number of carboxylic acid groups (broad SMARTS) is 1. The van der Waals surface area contributed by atoms with Crippen molar-refractivity contribution in [2.75, 3.05) is 39.4 Å². The molecule has 0 aliphatic carbocycles. The highest BCUT2D eigenvalue weighted by molar-refractivity contribution is 5.95. The van der Waals surface area contributed by atoms with Gasteiger partial charge >= 0.3 is 11.9 Å². The molecule has 17 heteroatoms. The van der Waals surface area contributed by atoms with Crippen molar-refractivity contribution in [2.24, 2.45) is 16.6 Å². The number of phenols is 1. The maximum Gasteiger partial charge on any atom is 0.338 e. The number of cyclic esters (lactones) is 1. The van der Waals surface area contributed by atoms with Crippen LogP contribution in [0.1, 0.15) is 71.9 Å². The number of fused-ring (bicyclic) bond motifs is 1. The molecule has 1 spiro atoms. The number of ether oxygens (including phenoxy) is 6. The van der Waals surface area contributed by atoms with E-state index in [9.17, 15) is 35.1 Å². The molecule has 0 unspecified atom stereocenters. The molecule has 3 aromatic rings. The van der Waals surface area contributed by atoms with E-state index in [0.717, 1.165) is 18.4 Å². The number of nitrogens with two attached hydrogens (primary N) is 1. The summed E-state index contributed by atoms with van der Waals surface area (Å²) in [6, 6.07) is 13.4. The first-order chi connectivity index (χ1) is 27.7. The summed E-state index contributed by atoms with van der Waals surface area (Å²) in [4.78, 5) is 29.9. The number of aromatic carboxylic acids is 1. The molecule has 0 radical (unpaired) electrons. The summed E-state index contributed by atoms with van der Waals surface area (Å²) in [5.74, 6) is -2.23. The van der Waals surface area contributed by atoms with E-state index in [2.05, 4.69) is 29.5 Å². The maximum absolute atomic E-state index is 13.7. The Hall–Kier alpha value is -5.49. The molecule has 6 atom stereocenters. The van der Waals surface area contributed by atoms with Gasteiger partial charge in [0.25, 0.3) is 0 Å². The lowest BCUT2D eigenvalue weighted by molar-refractivity contribution is -0.320. The number of nitrogens with zero attached hydrogens (tertiary/aromatic N) is 1. The number of carbonyl (C=O) groups excluding carboxylic acids is 1. The van der Waals surface area contributed by atoms with Gasteiger partial charge in [0.05, 0.1) is 30.5 Å². The Kier molecular flexibility index (Phi) is 14.5. The molecule has 2 heterocycles. The lowest BCUT2D eigenvalue weighted by Crippen LogP contribution is -2.67. The molecule has 0 aromatic heterocycles.